The maximum absolute atomic E-state index is 13.1. The Morgan fingerprint density at radius 2 is 1.33 bits per heavy atom. The first-order valence-electron chi connectivity index (χ1n) is 20.2. The fraction of sp³-hybridized carbons (Fsp3) is 0.125. The van der Waals surface area contributed by atoms with Crippen molar-refractivity contribution in [3.8, 4) is 23.4 Å². The van der Waals surface area contributed by atoms with Gasteiger partial charge >= 0.3 is 0 Å². The number of phenolic OH excluding ortho intramolecular Hbond substituents is 1. The molecule has 0 radical (unpaired) electrons. The number of aromatic nitrogens is 3. The van der Waals surface area contributed by atoms with Crippen molar-refractivity contribution in [1.82, 2.24) is 14.4 Å². The number of halogens is 1. The fourth-order valence-corrected chi connectivity index (χ4v) is 12.7. The van der Waals surface area contributed by atoms with Crippen LogP contribution < -0.4 is 4.74 Å². The number of rotatable bonds is 15. The largest absolute Gasteiger partial charge is 0.505 e. The summed E-state index contributed by atoms with van der Waals surface area (Å²) in [5.74, 6) is -2.82. The summed E-state index contributed by atoms with van der Waals surface area (Å²) in [7, 11) is -25.8. The number of hydrogen-bond acceptors (Lipinski definition) is 23. The number of aryl methyl sites for hydroxylation is 1. The molecule has 3 aromatic heterocycles. The zero-order valence-corrected chi connectivity index (χ0v) is 43.0. The van der Waals surface area contributed by atoms with Crippen LogP contribution in [0.3, 0.4) is 0 Å². The maximum atomic E-state index is 13.1. The molecule has 0 aliphatic carbocycles. The number of fused-ring (bicyclic) bond motifs is 5. The molecular weight excluding hydrogens is 1140 g/mol. The number of hydrogen-bond donors (Lipinski definition) is 7. The van der Waals surface area contributed by atoms with Crippen molar-refractivity contribution < 1.29 is 79.8 Å². The van der Waals surface area contributed by atoms with Gasteiger partial charge in [0.25, 0.3) is 50.6 Å². The molecule has 390 valence electrons. The predicted octanol–water partition coefficient (Wildman–Crippen LogP) is 8.69. The first-order chi connectivity index (χ1) is 34.9. The zero-order valence-electron chi connectivity index (χ0n) is 37.3. The second kappa shape index (κ2) is 19.5. The lowest BCUT2D eigenvalue weighted by atomic mass is 10.1. The van der Waals surface area contributed by atoms with Gasteiger partial charge in [0, 0.05) is 22.4 Å². The van der Waals surface area contributed by atoms with E-state index in [1.807, 2.05) is 6.07 Å². The van der Waals surface area contributed by atoms with E-state index in [-0.39, 0.29) is 61.4 Å². The molecule has 0 saturated heterocycles. The molecule has 5 aromatic carbocycles. The lowest BCUT2D eigenvalue weighted by Crippen LogP contribution is -2.08. The van der Waals surface area contributed by atoms with Gasteiger partial charge in [0.2, 0.25) is 11.0 Å². The molecule has 3 heterocycles. The van der Waals surface area contributed by atoms with Crippen LogP contribution in [0.1, 0.15) is 23.1 Å². The summed E-state index contributed by atoms with van der Waals surface area (Å²) in [6, 6.07) is 14.0. The lowest BCUT2D eigenvalue weighted by molar-refractivity contribution is 0.317. The van der Waals surface area contributed by atoms with Crippen LogP contribution >= 0.6 is 22.9 Å². The van der Waals surface area contributed by atoms with Crippen LogP contribution in [-0.2, 0) is 50.6 Å². The van der Waals surface area contributed by atoms with Gasteiger partial charge in [-0.15, -0.1) is 30.7 Å². The van der Waals surface area contributed by atoms with Gasteiger partial charge in [-0.1, -0.05) is 35.1 Å². The third-order valence-corrected chi connectivity index (χ3v) is 16.8. The number of imidazole rings is 1. The summed E-state index contributed by atoms with van der Waals surface area (Å²) in [5.41, 5.74) is -1.89. The minimum atomic E-state index is -5.52. The first-order valence-corrected chi connectivity index (χ1v) is 28.8. The van der Waals surface area contributed by atoms with Gasteiger partial charge in [-0.25, -0.2) is 9.97 Å². The molecule has 8 aromatic rings. The average Bonchev–Trinajstić information content (AvgIpc) is 3.89. The lowest BCUT2D eigenvalue weighted by Gasteiger charge is -2.13. The molecule has 0 spiro atoms. The van der Waals surface area contributed by atoms with Crippen molar-refractivity contribution in [3.05, 3.63) is 82.4 Å². The van der Waals surface area contributed by atoms with Crippen LogP contribution in [0, 0.1) is 25.2 Å². The van der Waals surface area contributed by atoms with Gasteiger partial charge < -0.3 is 14.9 Å². The Morgan fingerprint density at radius 1 is 0.693 bits per heavy atom. The van der Waals surface area contributed by atoms with E-state index < -0.39 is 127 Å². The van der Waals surface area contributed by atoms with Crippen molar-refractivity contribution in [3.63, 3.8) is 0 Å². The number of para-hydroxylation sites is 2. The number of benzene rings is 5. The smallest absolute Gasteiger partial charge is 0.297 e. The SMILES string of the molecule is Cc1cc(N=Nc2c(S(=O)(=O)O)cc3c(S(=O)(=O)O)c(N=Nc4c(C)c(C#N)c5nc6ccccc6n5c4O)ccc3c2O)c(OCCCS(=O)(=O)O)cc1N=Nc1nc2cc(S(=O)(=O)O)c(Cl)c(S(=O)(=O)O)c2s1. The Hall–Kier alpha value is -7.27. The van der Waals surface area contributed by atoms with Crippen LogP contribution in [0.4, 0.5) is 33.6 Å². The highest BCUT2D eigenvalue weighted by molar-refractivity contribution is 7.87. The fourth-order valence-electron chi connectivity index (χ4n) is 7.38. The second-order valence-electron chi connectivity index (χ2n) is 15.6. The number of aromatic hydroxyl groups is 2. The van der Waals surface area contributed by atoms with Crippen molar-refractivity contribution in [2.45, 2.75) is 39.9 Å². The maximum Gasteiger partial charge on any atom is 0.297 e. The first kappa shape index (κ1) is 54.0. The van der Waals surface area contributed by atoms with Crippen LogP contribution in [0.25, 0.3) is 37.7 Å². The van der Waals surface area contributed by atoms with Crippen molar-refractivity contribution in [2.75, 3.05) is 12.4 Å². The van der Waals surface area contributed by atoms with E-state index in [2.05, 4.69) is 40.7 Å². The average molecular weight is 1170 g/mol. The summed E-state index contributed by atoms with van der Waals surface area (Å²) < 4.78 is 179. The van der Waals surface area contributed by atoms with Gasteiger partial charge in [0.15, 0.2) is 17.1 Å². The molecular formula is C40H29ClN10O18S6. The summed E-state index contributed by atoms with van der Waals surface area (Å²) in [5, 5.41) is 54.0. The highest BCUT2D eigenvalue weighted by Crippen LogP contribution is 2.48. The number of thiazole rings is 1. The number of phenols is 1. The monoisotopic (exact) mass is 1160 g/mol. The summed E-state index contributed by atoms with van der Waals surface area (Å²) in [4.78, 5) is 3.75. The summed E-state index contributed by atoms with van der Waals surface area (Å²) in [6.45, 7) is 2.35. The van der Waals surface area contributed by atoms with Crippen molar-refractivity contribution in [1.29, 1.82) is 5.26 Å². The van der Waals surface area contributed by atoms with E-state index in [0.717, 1.165) is 18.2 Å². The van der Waals surface area contributed by atoms with E-state index in [4.69, 9.17) is 16.3 Å². The molecule has 0 aliphatic heterocycles. The van der Waals surface area contributed by atoms with E-state index >= 15 is 0 Å². The zero-order chi connectivity index (χ0) is 54.9. The van der Waals surface area contributed by atoms with E-state index in [9.17, 15) is 80.3 Å². The minimum absolute atomic E-state index is 0.0422. The van der Waals surface area contributed by atoms with Crippen LogP contribution in [0.2, 0.25) is 5.02 Å². The van der Waals surface area contributed by atoms with Gasteiger partial charge in [0.05, 0.1) is 44.3 Å². The Bertz CT molecular complexity index is 4540. The molecule has 0 fully saturated rings. The van der Waals surface area contributed by atoms with E-state index in [1.165, 1.54) is 24.3 Å². The van der Waals surface area contributed by atoms with Crippen molar-refractivity contribution >= 4 is 145 Å². The number of nitriles is 1. The predicted molar refractivity (Wildman–Crippen MR) is 264 cm³/mol. The van der Waals surface area contributed by atoms with E-state index in [0.29, 0.717) is 34.5 Å². The van der Waals surface area contributed by atoms with Crippen molar-refractivity contribution in [2.24, 2.45) is 30.7 Å². The third kappa shape index (κ3) is 10.7. The molecule has 8 rings (SSSR count). The Morgan fingerprint density at radius 3 is 1.97 bits per heavy atom. The molecule has 28 nitrogen and oxygen atoms in total. The summed E-state index contributed by atoms with van der Waals surface area (Å²) in [6.07, 6.45) is -0.329. The molecule has 7 N–H and O–H groups in total. The Kier molecular flexibility index (Phi) is 14.0. The molecule has 0 atom stereocenters. The third-order valence-electron chi connectivity index (χ3n) is 10.7. The number of ether oxygens (including phenoxy) is 1. The molecule has 0 unspecified atom stereocenters. The quantitative estimate of drug-likeness (QED) is 0.0286. The highest BCUT2D eigenvalue weighted by Gasteiger charge is 2.31. The normalized spacial score (nSPS) is 13.2. The molecule has 0 aliphatic rings. The molecule has 0 saturated carbocycles. The van der Waals surface area contributed by atoms with Crippen LogP contribution in [-0.4, -0.2) is 102 Å². The molecule has 0 bridgehead atoms. The van der Waals surface area contributed by atoms with Crippen LogP contribution in [0.15, 0.2) is 111 Å². The van der Waals surface area contributed by atoms with E-state index in [1.54, 1.807) is 24.3 Å². The van der Waals surface area contributed by atoms with Crippen LogP contribution in [0.5, 0.6) is 17.4 Å². The van der Waals surface area contributed by atoms with Gasteiger partial charge in [-0.3, -0.25) is 27.2 Å². The second-order valence-corrected chi connectivity index (χ2v) is 24.0. The number of nitrogens with zero attached hydrogens (tertiary/aromatic N) is 10. The van der Waals surface area contributed by atoms with Gasteiger partial charge in [-0.2, -0.15) is 47.4 Å². The van der Waals surface area contributed by atoms with Gasteiger partial charge in [0.1, 0.15) is 54.0 Å². The highest BCUT2D eigenvalue weighted by atomic mass is 35.5. The Labute approximate surface area is 430 Å². The topological polar surface area (TPSA) is 450 Å². The molecule has 75 heavy (non-hydrogen) atoms. The molecule has 0 amide bonds. The number of pyridine rings is 1. The molecule has 35 heteroatoms. The summed E-state index contributed by atoms with van der Waals surface area (Å²) >= 11 is 6.42. The standard InChI is InChI=1S/C40H29ClN10O18S6/c1-17-12-25(28(69-10-5-11-71(54,55)56)14-24(17)46-50-40-44-26-15-29(72(57,58)59)31(41)37(35(26)70-40)75(66,67)68)47-49-33-30(73(60,61)62)13-20-19(34(33)52)8-9-23(36(20)74(63,64)65)45-48-32-18(2)21(16-42)38-43-22-6-3-4-7-27(22)51(38)39(32)53/h3-4,6-9,12-15,52-53H,5,10-11H2,1-2H3,(H,54,55,56)(H,57,58,59)(H,60,61,62)(H,63,64,65)(H,66,67,68). The minimum Gasteiger partial charge on any atom is -0.505 e. The Balaban J connectivity index is 1.23. The van der Waals surface area contributed by atoms with Gasteiger partial charge in [-0.05, 0) is 68.3 Å². The number of azo groups is 3.